The molecule has 1 amide bonds. The van der Waals surface area contributed by atoms with Crippen LogP contribution in [-0.2, 0) is 11.3 Å². The number of benzene rings is 1. The Balaban J connectivity index is 1.99. The monoisotopic (exact) mass is 264 g/mol. The van der Waals surface area contributed by atoms with Crippen molar-refractivity contribution >= 4 is 5.91 Å². The van der Waals surface area contributed by atoms with Crippen molar-refractivity contribution in [1.82, 2.24) is 10.2 Å². The Morgan fingerprint density at radius 2 is 2.21 bits per heavy atom. The summed E-state index contributed by atoms with van der Waals surface area (Å²) in [5.41, 5.74) is 0.603. The summed E-state index contributed by atoms with van der Waals surface area (Å²) in [5.74, 6) is -0.0858. The second-order valence-corrected chi connectivity index (χ2v) is 4.95. The van der Waals surface area contributed by atoms with Crippen LogP contribution in [0.4, 0.5) is 4.39 Å². The van der Waals surface area contributed by atoms with Crippen molar-refractivity contribution in [2.45, 2.75) is 38.8 Å². The Kier molecular flexibility index (Phi) is 4.91. The molecule has 0 radical (unpaired) electrons. The number of likely N-dealkylation sites (tertiary alicyclic amines) is 1. The van der Waals surface area contributed by atoms with Gasteiger partial charge in [0.15, 0.2) is 0 Å². The second-order valence-electron chi connectivity index (χ2n) is 4.95. The van der Waals surface area contributed by atoms with Crippen molar-refractivity contribution in [2.75, 3.05) is 13.1 Å². The number of carbonyl (C=O) groups is 1. The van der Waals surface area contributed by atoms with Crippen LogP contribution in [-0.4, -0.2) is 29.9 Å². The number of nitrogens with zero attached hydrogens (tertiary/aromatic N) is 1. The molecule has 1 aromatic rings. The molecule has 3 nitrogen and oxygen atoms in total. The molecular formula is C15H21FN2O. The molecule has 4 heteroatoms. The standard InChI is InChI=1S/C15H21FN2O/c1-2-17-10-9-13-7-8-15(19)18(13)11-12-5-3-4-6-14(12)16/h3-6,13,17H,2,7-11H2,1H3. The van der Waals surface area contributed by atoms with Crippen LogP contribution in [0.5, 0.6) is 0 Å². The molecule has 0 aliphatic carbocycles. The number of halogens is 1. The molecule has 1 aliphatic heterocycles. The van der Waals surface area contributed by atoms with Gasteiger partial charge >= 0.3 is 0 Å². The Bertz CT molecular complexity index is 436. The molecule has 1 heterocycles. The largest absolute Gasteiger partial charge is 0.335 e. The quantitative estimate of drug-likeness (QED) is 0.800. The van der Waals surface area contributed by atoms with Gasteiger partial charge in [0.25, 0.3) is 0 Å². The molecule has 0 saturated carbocycles. The van der Waals surface area contributed by atoms with Gasteiger partial charge in [0.1, 0.15) is 5.82 Å². The molecule has 1 N–H and O–H groups in total. The van der Waals surface area contributed by atoms with E-state index in [4.69, 9.17) is 0 Å². The Hall–Kier alpha value is -1.42. The highest BCUT2D eigenvalue weighted by Crippen LogP contribution is 2.24. The van der Waals surface area contributed by atoms with Gasteiger partial charge < -0.3 is 10.2 Å². The Morgan fingerprint density at radius 3 is 2.95 bits per heavy atom. The van der Waals surface area contributed by atoms with Gasteiger partial charge in [-0.05, 0) is 32.0 Å². The molecule has 1 aromatic carbocycles. The highest BCUT2D eigenvalue weighted by molar-refractivity contribution is 5.78. The highest BCUT2D eigenvalue weighted by atomic mass is 19.1. The zero-order valence-corrected chi connectivity index (χ0v) is 11.4. The zero-order valence-electron chi connectivity index (χ0n) is 11.4. The maximum atomic E-state index is 13.7. The Morgan fingerprint density at radius 1 is 1.42 bits per heavy atom. The van der Waals surface area contributed by atoms with Crippen LogP contribution in [0.1, 0.15) is 31.7 Å². The number of rotatable bonds is 6. The molecule has 1 saturated heterocycles. The maximum Gasteiger partial charge on any atom is 0.223 e. The van der Waals surface area contributed by atoms with Gasteiger partial charge in [0.05, 0.1) is 0 Å². The van der Waals surface area contributed by atoms with Crippen LogP contribution >= 0.6 is 0 Å². The zero-order chi connectivity index (χ0) is 13.7. The minimum absolute atomic E-state index is 0.143. The van der Waals surface area contributed by atoms with Gasteiger partial charge in [-0.3, -0.25) is 4.79 Å². The van der Waals surface area contributed by atoms with Gasteiger partial charge in [-0.1, -0.05) is 25.1 Å². The maximum absolute atomic E-state index is 13.7. The van der Waals surface area contributed by atoms with Crippen molar-refractivity contribution < 1.29 is 9.18 Å². The van der Waals surface area contributed by atoms with E-state index in [1.54, 1.807) is 12.1 Å². The second kappa shape index (κ2) is 6.66. The lowest BCUT2D eigenvalue weighted by atomic mass is 10.1. The van der Waals surface area contributed by atoms with Crippen LogP contribution in [0, 0.1) is 5.82 Å². The average Bonchev–Trinajstić information content (AvgIpc) is 2.74. The van der Waals surface area contributed by atoms with Crippen LogP contribution in [0.15, 0.2) is 24.3 Å². The first-order valence-corrected chi connectivity index (χ1v) is 6.96. The van der Waals surface area contributed by atoms with Crippen molar-refractivity contribution in [3.63, 3.8) is 0 Å². The van der Waals surface area contributed by atoms with Crippen molar-refractivity contribution in [3.8, 4) is 0 Å². The fourth-order valence-corrected chi connectivity index (χ4v) is 2.57. The summed E-state index contributed by atoms with van der Waals surface area (Å²) >= 11 is 0. The molecule has 0 aromatic heterocycles. The van der Waals surface area contributed by atoms with E-state index in [2.05, 4.69) is 12.2 Å². The lowest BCUT2D eigenvalue weighted by molar-refractivity contribution is -0.129. The number of hydrogen-bond donors (Lipinski definition) is 1. The molecule has 0 bridgehead atoms. The number of nitrogens with one attached hydrogen (secondary N) is 1. The van der Waals surface area contributed by atoms with Crippen LogP contribution < -0.4 is 5.32 Å². The summed E-state index contributed by atoms with van der Waals surface area (Å²) < 4.78 is 13.7. The summed E-state index contributed by atoms with van der Waals surface area (Å²) in [6, 6.07) is 6.93. The average molecular weight is 264 g/mol. The van der Waals surface area contributed by atoms with Gasteiger partial charge in [-0.15, -0.1) is 0 Å². The smallest absolute Gasteiger partial charge is 0.223 e. The summed E-state index contributed by atoms with van der Waals surface area (Å²) in [7, 11) is 0. The predicted molar refractivity (Wildman–Crippen MR) is 73.1 cm³/mol. The number of amides is 1. The Labute approximate surface area is 113 Å². The van der Waals surface area contributed by atoms with Crippen molar-refractivity contribution in [3.05, 3.63) is 35.6 Å². The molecule has 1 atom stereocenters. The first-order chi connectivity index (χ1) is 9.22. The molecule has 1 aliphatic rings. The molecule has 2 rings (SSSR count). The minimum atomic E-state index is -0.229. The van der Waals surface area contributed by atoms with Gasteiger partial charge in [0, 0.05) is 24.6 Å². The van der Waals surface area contributed by atoms with E-state index in [0.717, 1.165) is 25.9 Å². The topological polar surface area (TPSA) is 32.3 Å². The van der Waals surface area contributed by atoms with Crippen molar-refractivity contribution in [1.29, 1.82) is 0 Å². The van der Waals surface area contributed by atoms with Crippen LogP contribution in [0.3, 0.4) is 0 Å². The number of carbonyl (C=O) groups excluding carboxylic acids is 1. The molecule has 0 spiro atoms. The number of hydrogen-bond acceptors (Lipinski definition) is 2. The molecule has 19 heavy (non-hydrogen) atoms. The fraction of sp³-hybridized carbons (Fsp3) is 0.533. The predicted octanol–water partition coefficient (Wildman–Crippen LogP) is 2.32. The molecule has 1 fully saturated rings. The third-order valence-corrected chi connectivity index (χ3v) is 3.66. The SMILES string of the molecule is CCNCCC1CCC(=O)N1Cc1ccccc1F. The van der Waals surface area contributed by atoms with Crippen molar-refractivity contribution in [2.24, 2.45) is 0 Å². The van der Waals surface area contributed by atoms with Crippen LogP contribution in [0.2, 0.25) is 0 Å². The van der Waals surface area contributed by atoms with Gasteiger partial charge in [-0.2, -0.15) is 0 Å². The molecule has 1 unspecified atom stereocenters. The summed E-state index contributed by atoms with van der Waals surface area (Å²) in [6.45, 7) is 4.30. The highest BCUT2D eigenvalue weighted by Gasteiger charge is 2.30. The van der Waals surface area contributed by atoms with E-state index >= 15 is 0 Å². The van der Waals surface area contributed by atoms with Gasteiger partial charge in [0.2, 0.25) is 5.91 Å². The first-order valence-electron chi connectivity index (χ1n) is 6.96. The lowest BCUT2D eigenvalue weighted by Gasteiger charge is -2.25. The summed E-state index contributed by atoms with van der Waals surface area (Å²) in [4.78, 5) is 13.7. The third-order valence-electron chi connectivity index (χ3n) is 3.66. The third kappa shape index (κ3) is 3.53. The van der Waals surface area contributed by atoms with E-state index in [1.165, 1.54) is 6.07 Å². The van der Waals surface area contributed by atoms with E-state index in [-0.39, 0.29) is 17.8 Å². The normalized spacial score (nSPS) is 19.2. The van der Waals surface area contributed by atoms with E-state index < -0.39 is 0 Å². The lowest BCUT2D eigenvalue weighted by Crippen LogP contribution is -2.34. The molecular weight excluding hydrogens is 243 g/mol. The summed E-state index contributed by atoms with van der Waals surface area (Å²) in [5, 5.41) is 3.27. The minimum Gasteiger partial charge on any atom is -0.335 e. The summed E-state index contributed by atoms with van der Waals surface area (Å²) in [6.07, 6.45) is 2.41. The van der Waals surface area contributed by atoms with E-state index in [0.29, 0.717) is 18.5 Å². The fourth-order valence-electron chi connectivity index (χ4n) is 2.57. The van der Waals surface area contributed by atoms with Gasteiger partial charge in [-0.25, -0.2) is 4.39 Å². The van der Waals surface area contributed by atoms with Crippen LogP contribution in [0.25, 0.3) is 0 Å². The van der Waals surface area contributed by atoms with E-state index in [1.807, 2.05) is 11.0 Å². The first kappa shape index (κ1) is 14.0. The van der Waals surface area contributed by atoms with E-state index in [9.17, 15) is 9.18 Å². The molecule has 104 valence electrons.